The lowest BCUT2D eigenvalue weighted by Crippen LogP contribution is -2.39. The molecule has 0 bridgehead atoms. The molecule has 0 saturated carbocycles. The largest absolute Gasteiger partial charge is 0.291 e. The van der Waals surface area contributed by atoms with Crippen molar-refractivity contribution in [2.45, 2.75) is 25.0 Å². The number of ketones is 1. The maximum absolute atomic E-state index is 12.2. The van der Waals surface area contributed by atoms with E-state index in [4.69, 9.17) is 11.6 Å². The van der Waals surface area contributed by atoms with Gasteiger partial charge in [-0.1, -0.05) is 42.8 Å². The number of Topliss-reactive ketones (excluding diaryl/α,β-unsaturated/α-hetero) is 1. The maximum atomic E-state index is 12.2. The number of alkyl halides is 1. The van der Waals surface area contributed by atoms with Crippen molar-refractivity contribution in [2.24, 2.45) is 0 Å². The number of rotatable bonds is 4. The number of carbonyl (C=O) groups excluding carboxylic acids is 1. The van der Waals surface area contributed by atoms with E-state index in [2.05, 4.69) is 0 Å². The summed E-state index contributed by atoms with van der Waals surface area (Å²) in [4.78, 5) is 12.2. The summed E-state index contributed by atoms with van der Waals surface area (Å²) >= 11 is 5.95. The Morgan fingerprint density at radius 3 is 2.35 bits per heavy atom. The molecule has 0 heterocycles. The lowest BCUT2D eigenvalue weighted by atomic mass is 10.0. The molecule has 0 aromatic heterocycles. The van der Waals surface area contributed by atoms with Crippen molar-refractivity contribution in [1.82, 2.24) is 0 Å². The lowest BCUT2D eigenvalue weighted by molar-refractivity contribution is 0.0977. The second kappa shape index (κ2) is 4.78. The Balaban J connectivity index is 3.28. The van der Waals surface area contributed by atoms with Crippen LogP contribution in [0.4, 0.5) is 0 Å². The predicted molar refractivity (Wildman–Crippen MR) is 69.2 cm³/mol. The van der Waals surface area contributed by atoms with E-state index < -0.39 is 19.8 Å². The number of carbonyl (C=O) groups is 1. The highest BCUT2D eigenvalue weighted by Crippen LogP contribution is 2.29. The SMILES string of the molecule is CCS(=O)(=O)C(C)(Cl)C(=O)c1ccccc1C. The Hall–Kier alpha value is -0.870. The molecule has 1 rings (SSSR count). The molecule has 0 spiro atoms. The smallest absolute Gasteiger partial charge is 0.205 e. The Morgan fingerprint density at radius 2 is 1.88 bits per heavy atom. The first-order valence-corrected chi connectivity index (χ1v) is 7.28. The number of hydrogen-bond donors (Lipinski definition) is 0. The van der Waals surface area contributed by atoms with Gasteiger partial charge in [0, 0.05) is 11.3 Å². The van der Waals surface area contributed by atoms with Crippen molar-refractivity contribution in [3.63, 3.8) is 0 Å². The zero-order valence-electron chi connectivity index (χ0n) is 10.0. The summed E-state index contributed by atoms with van der Waals surface area (Å²) in [6.07, 6.45) is 0. The van der Waals surface area contributed by atoms with E-state index >= 15 is 0 Å². The molecule has 0 fully saturated rings. The molecular weight excluding hydrogens is 260 g/mol. The first kappa shape index (κ1) is 14.2. The van der Waals surface area contributed by atoms with Crippen LogP contribution >= 0.6 is 11.6 Å². The van der Waals surface area contributed by atoms with Crippen LogP contribution in [-0.4, -0.2) is 24.2 Å². The second-order valence-corrected chi connectivity index (χ2v) is 7.57. The summed E-state index contributed by atoms with van der Waals surface area (Å²) in [6.45, 7) is 4.46. The van der Waals surface area contributed by atoms with E-state index in [1.165, 1.54) is 13.8 Å². The van der Waals surface area contributed by atoms with Crippen molar-refractivity contribution >= 4 is 27.2 Å². The summed E-state index contributed by atoms with van der Waals surface area (Å²) in [5, 5.41) is 0. The molecule has 0 aliphatic rings. The van der Waals surface area contributed by atoms with Gasteiger partial charge in [-0.05, 0) is 19.4 Å². The molecular formula is C12H15ClO3S. The fraction of sp³-hybridized carbons (Fsp3) is 0.417. The molecule has 0 N–H and O–H groups in total. The van der Waals surface area contributed by atoms with E-state index in [-0.39, 0.29) is 5.75 Å². The van der Waals surface area contributed by atoms with Gasteiger partial charge in [-0.2, -0.15) is 0 Å². The van der Waals surface area contributed by atoms with Crippen molar-refractivity contribution in [1.29, 1.82) is 0 Å². The van der Waals surface area contributed by atoms with Crippen LogP contribution in [0.3, 0.4) is 0 Å². The molecule has 3 nitrogen and oxygen atoms in total. The van der Waals surface area contributed by atoms with Gasteiger partial charge in [0.2, 0.25) is 4.21 Å². The van der Waals surface area contributed by atoms with Gasteiger partial charge in [0.05, 0.1) is 0 Å². The zero-order chi connectivity index (χ0) is 13.3. The van der Waals surface area contributed by atoms with Crippen LogP contribution in [0, 0.1) is 6.92 Å². The van der Waals surface area contributed by atoms with Crippen LogP contribution in [-0.2, 0) is 9.84 Å². The Morgan fingerprint density at radius 1 is 1.35 bits per heavy atom. The number of sulfone groups is 1. The van der Waals surface area contributed by atoms with Crippen molar-refractivity contribution in [2.75, 3.05) is 5.75 Å². The first-order chi connectivity index (χ1) is 7.74. The van der Waals surface area contributed by atoms with E-state index in [1.54, 1.807) is 31.2 Å². The average molecular weight is 275 g/mol. The highest BCUT2D eigenvalue weighted by molar-refractivity contribution is 7.95. The van der Waals surface area contributed by atoms with Crippen molar-refractivity contribution < 1.29 is 13.2 Å². The minimum atomic E-state index is -3.65. The molecule has 0 saturated heterocycles. The Kier molecular flexibility index (Phi) is 3.99. The highest BCUT2D eigenvalue weighted by Gasteiger charge is 2.43. The van der Waals surface area contributed by atoms with E-state index in [1.807, 2.05) is 0 Å². The van der Waals surface area contributed by atoms with Gasteiger partial charge in [-0.3, -0.25) is 4.79 Å². The van der Waals surface area contributed by atoms with Crippen LogP contribution in [0.2, 0.25) is 0 Å². The van der Waals surface area contributed by atoms with E-state index in [0.717, 1.165) is 5.56 Å². The van der Waals surface area contributed by atoms with Gasteiger partial charge in [0.25, 0.3) is 0 Å². The molecule has 0 radical (unpaired) electrons. The average Bonchev–Trinajstić information content (AvgIpc) is 2.28. The van der Waals surface area contributed by atoms with Gasteiger partial charge in [-0.15, -0.1) is 0 Å². The minimum absolute atomic E-state index is 0.162. The van der Waals surface area contributed by atoms with Crippen LogP contribution in [0.1, 0.15) is 29.8 Å². The predicted octanol–water partition coefficient (Wildman–Crippen LogP) is 2.57. The van der Waals surface area contributed by atoms with Crippen LogP contribution in [0.15, 0.2) is 24.3 Å². The fourth-order valence-electron chi connectivity index (χ4n) is 1.48. The summed E-state index contributed by atoms with van der Waals surface area (Å²) in [5.41, 5.74) is 1.07. The topological polar surface area (TPSA) is 51.2 Å². The number of aryl methyl sites for hydroxylation is 1. The monoisotopic (exact) mass is 274 g/mol. The van der Waals surface area contributed by atoms with Crippen molar-refractivity contribution in [3.05, 3.63) is 35.4 Å². The Bertz CT molecular complexity index is 532. The molecule has 1 aromatic rings. The lowest BCUT2D eigenvalue weighted by Gasteiger charge is -2.20. The van der Waals surface area contributed by atoms with Crippen LogP contribution in [0.25, 0.3) is 0 Å². The third-order valence-corrected chi connectivity index (χ3v) is 5.75. The third kappa shape index (κ3) is 2.53. The maximum Gasteiger partial charge on any atom is 0.205 e. The van der Waals surface area contributed by atoms with Gasteiger partial charge >= 0.3 is 0 Å². The summed E-state index contributed by atoms with van der Waals surface area (Å²) in [6, 6.07) is 6.81. The zero-order valence-corrected chi connectivity index (χ0v) is 11.6. The highest BCUT2D eigenvalue weighted by atomic mass is 35.5. The standard InChI is InChI=1S/C12H15ClO3S/c1-4-17(15,16)12(3,13)11(14)10-8-6-5-7-9(10)2/h5-8H,4H2,1-3H3. The van der Waals surface area contributed by atoms with E-state index in [0.29, 0.717) is 5.56 Å². The number of halogens is 1. The fourth-order valence-corrected chi connectivity index (χ4v) is 2.84. The van der Waals surface area contributed by atoms with Crippen molar-refractivity contribution in [3.8, 4) is 0 Å². The number of benzene rings is 1. The normalized spacial score (nSPS) is 15.3. The van der Waals surface area contributed by atoms with Crippen LogP contribution < -0.4 is 0 Å². The molecule has 17 heavy (non-hydrogen) atoms. The molecule has 94 valence electrons. The van der Waals surface area contributed by atoms with Crippen LogP contribution in [0.5, 0.6) is 0 Å². The van der Waals surface area contributed by atoms with Gasteiger partial charge in [-0.25, -0.2) is 8.42 Å². The van der Waals surface area contributed by atoms with Gasteiger partial charge < -0.3 is 0 Å². The minimum Gasteiger partial charge on any atom is -0.291 e. The number of hydrogen-bond acceptors (Lipinski definition) is 3. The molecule has 0 aliphatic carbocycles. The summed E-state index contributed by atoms with van der Waals surface area (Å²) in [5.74, 6) is -0.732. The van der Waals surface area contributed by atoms with E-state index in [9.17, 15) is 13.2 Å². The first-order valence-electron chi connectivity index (χ1n) is 5.25. The van der Waals surface area contributed by atoms with Gasteiger partial charge in [0.15, 0.2) is 15.6 Å². The molecule has 0 aliphatic heterocycles. The molecule has 1 aromatic carbocycles. The molecule has 5 heteroatoms. The molecule has 0 amide bonds. The quantitative estimate of drug-likeness (QED) is 0.626. The summed E-state index contributed by atoms with van der Waals surface area (Å²) < 4.78 is 21.7. The Labute approximate surface area is 107 Å². The molecule has 1 unspecified atom stereocenters. The molecule has 1 atom stereocenters. The third-order valence-electron chi connectivity index (χ3n) is 2.76. The van der Waals surface area contributed by atoms with Gasteiger partial charge in [0.1, 0.15) is 0 Å². The summed E-state index contributed by atoms with van der Waals surface area (Å²) in [7, 11) is -3.65. The second-order valence-electron chi connectivity index (χ2n) is 3.96.